The number of ether oxygens (including phenoxy) is 1. The molecule has 0 unspecified atom stereocenters. The normalized spacial score (nSPS) is 11.6. The first-order chi connectivity index (χ1) is 13.0. The van der Waals surface area contributed by atoms with Crippen molar-refractivity contribution >= 4 is 33.8 Å². The van der Waals surface area contributed by atoms with Crippen molar-refractivity contribution in [2.24, 2.45) is 0 Å². The molecule has 8 heteroatoms. The van der Waals surface area contributed by atoms with Crippen molar-refractivity contribution in [3.63, 3.8) is 0 Å². The summed E-state index contributed by atoms with van der Waals surface area (Å²) in [6.45, 7) is -0.0523. The number of nitrogen functional groups attached to an aromatic ring is 1. The first kappa shape index (κ1) is 18.7. The van der Waals surface area contributed by atoms with Crippen LogP contribution in [-0.2, 0) is 4.74 Å². The first-order valence-electron chi connectivity index (χ1n) is 8.03. The van der Waals surface area contributed by atoms with E-state index in [0.717, 1.165) is 5.56 Å². The van der Waals surface area contributed by atoms with Crippen LogP contribution in [0.1, 0.15) is 32.5 Å². The average molecular weight is 430 g/mol. The number of rotatable bonds is 6. The number of carbonyl (C=O) groups is 2. The second-order valence-electron chi connectivity index (χ2n) is 5.59. The molecular formula is C19H16BrN3O4. The molecule has 3 rings (SSSR count). The van der Waals surface area contributed by atoms with E-state index in [4.69, 9.17) is 14.9 Å². The maximum Gasteiger partial charge on any atom is 0.339 e. The Bertz CT molecular complexity index is 943. The van der Waals surface area contributed by atoms with Gasteiger partial charge in [0.1, 0.15) is 12.9 Å². The zero-order valence-electron chi connectivity index (χ0n) is 14.1. The van der Waals surface area contributed by atoms with Crippen molar-refractivity contribution in [3.8, 4) is 0 Å². The third-order valence-corrected chi connectivity index (χ3v) is 4.43. The molecule has 3 aromatic rings. The molecule has 1 heterocycles. The van der Waals surface area contributed by atoms with Crippen molar-refractivity contribution in [3.05, 3.63) is 82.2 Å². The van der Waals surface area contributed by atoms with Gasteiger partial charge in [-0.25, -0.2) is 4.79 Å². The van der Waals surface area contributed by atoms with Gasteiger partial charge in [0.2, 0.25) is 0 Å². The monoisotopic (exact) mass is 429 g/mol. The van der Waals surface area contributed by atoms with Gasteiger partial charge in [0.05, 0.1) is 11.6 Å². The van der Waals surface area contributed by atoms with E-state index >= 15 is 0 Å². The molecular weight excluding hydrogens is 414 g/mol. The standard InChI is InChI=1S/C19H16BrN3O4/c20-14-9-5-4-8-13(14)18(25)26-10-15(12-6-2-1-3-7-12)22-17(24)16-11-27-19(21)23-16/h1-9,11,15H,10H2,(H2,21,23)(H,22,24)/t15-/m0/s1. The molecule has 2 aromatic carbocycles. The number of nitrogens with zero attached hydrogens (tertiary/aromatic N) is 1. The van der Waals surface area contributed by atoms with Crippen LogP contribution in [0.5, 0.6) is 0 Å². The minimum Gasteiger partial charge on any atom is -0.460 e. The second-order valence-corrected chi connectivity index (χ2v) is 6.44. The molecule has 0 bridgehead atoms. The maximum absolute atomic E-state index is 12.4. The molecule has 1 aromatic heterocycles. The summed E-state index contributed by atoms with van der Waals surface area (Å²) < 4.78 is 10.9. The maximum atomic E-state index is 12.4. The Morgan fingerprint density at radius 2 is 1.85 bits per heavy atom. The van der Waals surface area contributed by atoms with E-state index in [0.29, 0.717) is 10.0 Å². The summed E-state index contributed by atoms with van der Waals surface area (Å²) in [6, 6.07) is 15.5. The van der Waals surface area contributed by atoms with Crippen LogP contribution in [0.15, 0.2) is 69.8 Å². The zero-order chi connectivity index (χ0) is 19.2. The van der Waals surface area contributed by atoms with Crippen molar-refractivity contribution in [1.82, 2.24) is 10.3 Å². The minimum atomic E-state index is -0.567. The molecule has 0 saturated carbocycles. The van der Waals surface area contributed by atoms with Gasteiger partial charge < -0.3 is 20.2 Å². The summed E-state index contributed by atoms with van der Waals surface area (Å²) in [4.78, 5) is 28.5. The number of halogens is 1. The van der Waals surface area contributed by atoms with Crippen LogP contribution >= 0.6 is 15.9 Å². The fourth-order valence-corrected chi connectivity index (χ4v) is 2.84. The average Bonchev–Trinajstić information content (AvgIpc) is 3.12. The van der Waals surface area contributed by atoms with Crippen molar-refractivity contribution < 1.29 is 18.7 Å². The van der Waals surface area contributed by atoms with Crippen molar-refractivity contribution in [2.75, 3.05) is 12.3 Å². The highest BCUT2D eigenvalue weighted by molar-refractivity contribution is 9.10. The minimum absolute atomic E-state index is 0.0468. The molecule has 0 aliphatic carbocycles. The van der Waals surface area contributed by atoms with E-state index in [9.17, 15) is 9.59 Å². The van der Waals surface area contributed by atoms with E-state index in [1.807, 2.05) is 30.3 Å². The lowest BCUT2D eigenvalue weighted by atomic mass is 10.1. The SMILES string of the molecule is Nc1nc(C(=O)N[C@@H](COC(=O)c2ccccc2Br)c2ccccc2)co1. The number of nitrogens with two attached hydrogens (primary N) is 1. The number of aromatic nitrogens is 1. The largest absolute Gasteiger partial charge is 0.460 e. The van der Waals surface area contributed by atoms with E-state index in [2.05, 4.69) is 26.2 Å². The number of benzene rings is 2. The Morgan fingerprint density at radius 3 is 2.52 bits per heavy atom. The number of hydrogen-bond acceptors (Lipinski definition) is 6. The number of carbonyl (C=O) groups excluding carboxylic acids is 2. The van der Waals surface area contributed by atoms with Crippen LogP contribution in [-0.4, -0.2) is 23.5 Å². The smallest absolute Gasteiger partial charge is 0.339 e. The third-order valence-electron chi connectivity index (χ3n) is 3.74. The van der Waals surface area contributed by atoms with E-state index in [1.54, 1.807) is 24.3 Å². The molecule has 3 N–H and O–H groups in total. The number of hydrogen-bond donors (Lipinski definition) is 2. The predicted octanol–water partition coefficient (Wildman–Crippen LogP) is 3.35. The summed E-state index contributed by atoms with van der Waals surface area (Å²) in [6.07, 6.45) is 1.17. The lowest BCUT2D eigenvalue weighted by molar-refractivity contribution is 0.0454. The number of nitrogens with one attached hydrogen (secondary N) is 1. The Kier molecular flexibility index (Phi) is 5.87. The van der Waals surface area contributed by atoms with Gasteiger partial charge in [-0.2, -0.15) is 4.98 Å². The molecule has 0 spiro atoms. The summed E-state index contributed by atoms with van der Waals surface area (Å²) in [5, 5.41) is 2.78. The summed E-state index contributed by atoms with van der Waals surface area (Å²) in [5.41, 5.74) is 6.63. The lowest BCUT2D eigenvalue weighted by Crippen LogP contribution is -2.32. The molecule has 27 heavy (non-hydrogen) atoms. The summed E-state index contributed by atoms with van der Waals surface area (Å²) in [5.74, 6) is -0.982. The van der Waals surface area contributed by atoms with Crippen LogP contribution in [0, 0.1) is 0 Å². The Balaban J connectivity index is 1.74. The predicted molar refractivity (Wildman–Crippen MR) is 102 cm³/mol. The molecule has 0 aliphatic rings. The summed E-state index contributed by atoms with van der Waals surface area (Å²) in [7, 11) is 0. The zero-order valence-corrected chi connectivity index (χ0v) is 15.7. The van der Waals surface area contributed by atoms with Gasteiger partial charge in [0.15, 0.2) is 5.69 Å². The highest BCUT2D eigenvalue weighted by Gasteiger charge is 2.21. The van der Waals surface area contributed by atoms with Crippen LogP contribution in [0.2, 0.25) is 0 Å². The van der Waals surface area contributed by atoms with Gasteiger partial charge in [-0.05, 0) is 33.6 Å². The molecule has 0 radical (unpaired) electrons. The van der Waals surface area contributed by atoms with E-state index in [-0.39, 0.29) is 18.3 Å². The van der Waals surface area contributed by atoms with Gasteiger partial charge in [0, 0.05) is 4.47 Å². The highest BCUT2D eigenvalue weighted by Crippen LogP contribution is 2.19. The summed E-state index contributed by atoms with van der Waals surface area (Å²) >= 11 is 3.32. The van der Waals surface area contributed by atoms with E-state index in [1.165, 1.54) is 6.26 Å². The number of anilines is 1. The molecule has 0 fully saturated rings. The Labute approximate surface area is 163 Å². The molecule has 7 nitrogen and oxygen atoms in total. The van der Waals surface area contributed by atoms with Crippen LogP contribution in [0.25, 0.3) is 0 Å². The van der Waals surface area contributed by atoms with Gasteiger partial charge in [0.25, 0.3) is 11.9 Å². The number of oxazole rings is 1. The van der Waals surface area contributed by atoms with Gasteiger partial charge in [-0.1, -0.05) is 42.5 Å². The highest BCUT2D eigenvalue weighted by atomic mass is 79.9. The van der Waals surface area contributed by atoms with Gasteiger partial charge in [-0.15, -0.1) is 0 Å². The third kappa shape index (κ3) is 4.73. The fraction of sp³-hybridized carbons (Fsp3) is 0.105. The van der Waals surface area contributed by atoms with Crippen LogP contribution < -0.4 is 11.1 Å². The van der Waals surface area contributed by atoms with Crippen LogP contribution in [0.3, 0.4) is 0 Å². The van der Waals surface area contributed by atoms with Gasteiger partial charge in [-0.3, -0.25) is 4.79 Å². The van der Waals surface area contributed by atoms with Crippen molar-refractivity contribution in [2.45, 2.75) is 6.04 Å². The molecule has 138 valence electrons. The number of esters is 1. The fourth-order valence-electron chi connectivity index (χ4n) is 2.39. The van der Waals surface area contributed by atoms with Crippen LogP contribution in [0.4, 0.5) is 6.01 Å². The van der Waals surface area contributed by atoms with Gasteiger partial charge >= 0.3 is 5.97 Å². The second kappa shape index (κ2) is 8.50. The molecule has 1 amide bonds. The Morgan fingerprint density at radius 1 is 1.15 bits per heavy atom. The molecule has 0 aliphatic heterocycles. The van der Waals surface area contributed by atoms with Crippen molar-refractivity contribution in [1.29, 1.82) is 0 Å². The number of amides is 1. The molecule has 1 atom stereocenters. The molecule has 0 saturated heterocycles. The van der Waals surface area contributed by atoms with E-state index < -0.39 is 17.9 Å². The first-order valence-corrected chi connectivity index (χ1v) is 8.82. The lowest BCUT2D eigenvalue weighted by Gasteiger charge is -2.19. The topological polar surface area (TPSA) is 107 Å². The quantitative estimate of drug-likeness (QED) is 0.581. The Hall–Kier alpha value is -3.13.